The minimum Gasteiger partial charge on any atom is -0.497 e. The maximum Gasteiger partial charge on any atom is 0.492 e. The monoisotopic (exact) mass is 242 g/mol. The van der Waals surface area contributed by atoms with Gasteiger partial charge in [0, 0.05) is 11.5 Å². The van der Waals surface area contributed by atoms with E-state index in [1.54, 1.807) is 0 Å². The van der Waals surface area contributed by atoms with Gasteiger partial charge in [0.1, 0.15) is 11.6 Å². The zero-order valence-electron chi connectivity index (χ0n) is 11.0. The van der Waals surface area contributed by atoms with Crippen molar-refractivity contribution >= 4 is 12.6 Å². The van der Waals surface area contributed by atoms with Gasteiger partial charge in [-0.05, 0) is 11.5 Å². The van der Waals surface area contributed by atoms with Crippen LogP contribution in [-0.2, 0) is 0 Å². The maximum atomic E-state index is 13.5. The maximum absolute atomic E-state index is 13.5. The first-order valence-corrected chi connectivity index (χ1v) is 5.70. The van der Waals surface area contributed by atoms with E-state index >= 15 is 0 Å². The van der Waals surface area contributed by atoms with Gasteiger partial charge in [-0.2, -0.15) is 0 Å². The van der Waals surface area contributed by atoms with Crippen LogP contribution < -0.4 is 10.2 Å². The molecule has 0 spiro atoms. The number of methoxy groups -OCH3 is 1. The average Bonchev–Trinajstić information content (AvgIpc) is 2.30. The van der Waals surface area contributed by atoms with E-state index in [0.29, 0.717) is 5.56 Å². The predicted molar refractivity (Wildman–Crippen MR) is 68.2 cm³/mol. The molecule has 2 N–H and O–H groups in total. The summed E-state index contributed by atoms with van der Waals surface area (Å²) in [4.78, 5) is 0. The molecule has 5 heteroatoms. The quantitative estimate of drug-likeness (QED) is 0.792. The Morgan fingerprint density at radius 2 is 1.76 bits per heavy atom. The third-order valence-electron chi connectivity index (χ3n) is 2.25. The minimum absolute atomic E-state index is 0.0200. The molecule has 0 saturated heterocycles. The van der Waals surface area contributed by atoms with Crippen molar-refractivity contribution in [3.05, 3.63) is 23.5 Å². The molecule has 1 rings (SSSR count). The second-order valence-corrected chi connectivity index (χ2v) is 3.64. The fourth-order valence-electron chi connectivity index (χ4n) is 1.41. The first-order chi connectivity index (χ1) is 7.97. The van der Waals surface area contributed by atoms with Gasteiger partial charge in [0.2, 0.25) is 0 Å². The molecule has 0 aliphatic rings. The highest BCUT2D eigenvalue weighted by atomic mass is 19.1. The first kappa shape index (κ1) is 15.9. The summed E-state index contributed by atoms with van der Waals surface area (Å²) in [5.74, 6) is -0.272. The van der Waals surface area contributed by atoms with Gasteiger partial charge in [-0.1, -0.05) is 33.8 Å². The van der Waals surface area contributed by atoms with E-state index in [9.17, 15) is 4.39 Å². The fourth-order valence-corrected chi connectivity index (χ4v) is 1.41. The zero-order chi connectivity index (χ0) is 13.6. The van der Waals surface area contributed by atoms with Gasteiger partial charge in [0.25, 0.3) is 0 Å². The largest absolute Gasteiger partial charge is 0.497 e. The molecule has 0 aromatic heterocycles. The van der Waals surface area contributed by atoms with Crippen LogP contribution in [0, 0.1) is 5.82 Å². The highest BCUT2D eigenvalue weighted by molar-refractivity contribution is 6.59. The molecule has 0 aliphatic carbocycles. The molecule has 0 atom stereocenters. The molecular formula is C12H20BFO3. The Hall–Kier alpha value is -1.07. The van der Waals surface area contributed by atoms with E-state index < -0.39 is 12.9 Å². The third-order valence-corrected chi connectivity index (χ3v) is 2.25. The number of hydrogen-bond acceptors (Lipinski definition) is 3. The van der Waals surface area contributed by atoms with E-state index in [1.807, 2.05) is 27.7 Å². The molecule has 0 aliphatic heterocycles. The Morgan fingerprint density at radius 3 is 2.12 bits per heavy atom. The van der Waals surface area contributed by atoms with Crippen molar-refractivity contribution in [2.45, 2.75) is 33.6 Å². The van der Waals surface area contributed by atoms with Crippen LogP contribution in [-0.4, -0.2) is 24.3 Å². The van der Waals surface area contributed by atoms with Crippen LogP contribution in [0.5, 0.6) is 5.75 Å². The number of halogens is 1. The van der Waals surface area contributed by atoms with Gasteiger partial charge in [-0.25, -0.2) is 4.39 Å². The minimum atomic E-state index is -1.65. The lowest BCUT2D eigenvalue weighted by Gasteiger charge is -2.13. The lowest BCUT2D eigenvalue weighted by atomic mass is 9.77. The molecule has 1 aromatic rings. The predicted octanol–water partition coefficient (Wildman–Crippen LogP) is 1.66. The molecular weight excluding hydrogens is 222 g/mol. The molecule has 0 amide bonds. The van der Waals surface area contributed by atoms with Crippen LogP contribution in [0.15, 0.2) is 12.1 Å². The van der Waals surface area contributed by atoms with Gasteiger partial charge in [0.15, 0.2) is 0 Å². The zero-order valence-corrected chi connectivity index (χ0v) is 11.0. The fraction of sp³-hybridized carbons (Fsp3) is 0.500. The summed E-state index contributed by atoms with van der Waals surface area (Å²) in [6.45, 7) is 7.66. The van der Waals surface area contributed by atoms with Crippen LogP contribution in [0.1, 0.15) is 39.2 Å². The van der Waals surface area contributed by atoms with E-state index in [0.717, 1.165) is 0 Å². The molecule has 1 aromatic carbocycles. The van der Waals surface area contributed by atoms with Crippen molar-refractivity contribution in [3.63, 3.8) is 0 Å². The van der Waals surface area contributed by atoms with Crippen molar-refractivity contribution in [2.24, 2.45) is 0 Å². The Morgan fingerprint density at radius 1 is 1.24 bits per heavy atom. The Kier molecular flexibility index (Phi) is 6.84. The molecule has 0 radical (unpaired) electrons. The van der Waals surface area contributed by atoms with Crippen molar-refractivity contribution in [1.82, 2.24) is 0 Å². The molecule has 0 saturated carbocycles. The SMILES string of the molecule is CC.COc1cc(F)c(C(C)C)cc1B(O)O. The average molecular weight is 242 g/mol. The summed E-state index contributed by atoms with van der Waals surface area (Å²) >= 11 is 0. The Balaban J connectivity index is 0.00000121. The highest BCUT2D eigenvalue weighted by Crippen LogP contribution is 2.21. The standard InChI is InChI=1S/C10H14BFO3.C2H6/c1-6(2)7-4-8(11(13)14)10(15-3)5-9(7)12;1-2/h4-6,13-14H,1-3H3;1-2H3. The third kappa shape index (κ3) is 4.02. The van der Waals surface area contributed by atoms with Crippen molar-refractivity contribution in [2.75, 3.05) is 7.11 Å². The normalized spacial score (nSPS) is 9.71. The van der Waals surface area contributed by atoms with Gasteiger partial charge in [0.05, 0.1) is 7.11 Å². The number of rotatable bonds is 3. The summed E-state index contributed by atoms with van der Waals surface area (Å²) in [6, 6.07) is 2.59. The van der Waals surface area contributed by atoms with E-state index in [-0.39, 0.29) is 17.1 Å². The van der Waals surface area contributed by atoms with Crippen molar-refractivity contribution in [3.8, 4) is 5.75 Å². The van der Waals surface area contributed by atoms with Crippen LogP contribution in [0.3, 0.4) is 0 Å². The van der Waals surface area contributed by atoms with Gasteiger partial charge in [-0.15, -0.1) is 0 Å². The molecule has 96 valence electrons. The van der Waals surface area contributed by atoms with Crippen molar-refractivity contribution < 1.29 is 19.2 Å². The van der Waals surface area contributed by atoms with E-state index in [1.165, 1.54) is 19.2 Å². The van der Waals surface area contributed by atoms with Crippen LogP contribution >= 0.6 is 0 Å². The molecule has 17 heavy (non-hydrogen) atoms. The molecule has 0 fully saturated rings. The van der Waals surface area contributed by atoms with E-state index in [2.05, 4.69) is 0 Å². The number of ether oxygens (including phenoxy) is 1. The summed E-state index contributed by atoms with van der Waals surface area (Å²) in [6.07, 6.45) is 0. The molecule has 3 nitrogen and oxygen atoms in total. The van der Waals surface area contributed by atoms with Crippen LogP contribution in [0.4, 0.5) is 4.39 Å². The second-order valence-electron chi connectivity index (χ2n) is 3.64. The summed E-state index contributed by atoms with van der Waals surface area (Å²) in [5, 5.41) is 18.2. The van der Waals surface area contributed by atoms with Crippen LogP contribution in [0.25, 0.3) is 0 Å². The summed E-state index contributed by atoms with van der Waals surface area (Å²) < 4.78 is 18.4. The van der Waals surface area contributed by atoms with E-state index in [4.69, 9.17) is 14.8 Å². The smallest absolute Gasteiger partial charge is 0.492 e. The molecule has 0 bridgehead atoms. The summed E-state index contributed by atoms with van der Waals surface area (Å²) in [5.41, 5.74) is 0.626. The Labute approximate surface area is 102 Å². The second kappa shape index (κ2) is 7.30. The van der Waals surface area contributed by atoms with Gasteiger partial charge >= 0.3 is 7.12 Å². The number of hydrogen-bond donors (Lipinski definition) is 2. The molecule has 0 unspecified atom stereocenters. The van der Waals surface area contributed by atoms with Crippen molar-refractivity contribution in [1.29, 1.82) is 0 Å². The Bertz CT molecular complexity index is 354. The summed E-state index contributed by atoms with van der Waals surface area (Å²) in [7, 11) is -0.298. The lowest BCUT2D eigenvalue weighted by Crippen LogP contribution is -2.32. The van der Waals surface area contributed by atoms with Gasteiger partial charge < -0.3 is 14.8 Å². The lowest BCUT2D eigenvalue weighted by molar-refractivity contribution is 0.400. The number of benzene rings is 1. The molecule has 0 heterocycles. The first-order valence-electron chi connectivity index (χ1n) is 5.70. The highest BCUT2D eigenvalue weighted by Gasteiger charge is 2.20. The van der Waals surface area contributed by atoms with Gasteiger partial charge in [-0.3, -0.25) is 0 Å². The van der Waals surface area contributed by atoms with Crippen LogP contribution in [0.2, 0.25) is 0 Å². The topological polar surface area (TPSA) is 49.7 Å².